The summed E-state index contributed by atoms with van der Waals surface area (Å²) in [5, 5.41) is 0. The van der Waals surface area contributed by atoms with Crippen LogP contribution < -0.4 is 5.73 Å². The molecule has 0 aliphatic heterocycles. The molecule has 0 amide bonds. The number of nitrogens with two attached hydrogens (primary N) is 1. The molecule has 1 aromatic carbocycles. The van der Waals surface area contributed by atoms with Gasteiger partial charge >= 0.3 is 0 Å². The summed E-state index contributed by atoms with van der Waals surface area (Å²) in [4.78, 5) is 2.54. The van der Waals surface area contributed by atoms with Crippen LogP contribution in [0.25, 0.3) is 0 Å². The van der Waals surface area contributed by atoms with Gasteiger partial charge in [-0.15, -0.1) is 0 Å². The van der Waals surface area contributed by atoms with Gasteiger partial charge < -0.3 is 5.73 Å². The van der Waals surface area contributed by atoms with Gasteiger partial charge in [0.25, 0.3) is 0 Å². The maximum atomic E-state index is 6.12. The zero-order chi connectivity index (χ0) is 14.7. The highest BCUT2D eigenvalue weighted by molar-refractivity contribution is 5.33. The van der Waals surface area contributed by atoms with Gasteiger partial charge in [-0.2, -0.15) is 0 Å². The number of hydrogen-bond acceptors (Lipinski definition) is 2. The Morgan fingerprint density at radius 1 is 1.20 bits per heavy atom. The highest BCUT2D eigenvalue weighted by Crippen LogP contribution is 2.32. The minimum atomic E-state index is 0.355. The third kappa shape index (κ3) is 3.42. The second kappa shape index (κ2) is 6.73. The standard InChI is InChI=1S/C18H30N2/c1-13-6-9-16(10-7-13)20(4)18(12-19)17-11-14(2)5-8-15(17)3/h5,8,11,13,16,18H,6-7,9-10,12,19H2,1-4H3. The molecule has 2 heteroatoms. The monoisotopic (exact) mass is 274 g/mol. The molecule has 0 aromatic heterocycles. The Morgan fingerprint density at radius 3 is 2.45 bits per heavy atom. The average Bonchev–Trinajstić information content (AvgIpc) is 2.44. The first-order valence-electron chi connectivity index (χ1n) is 8.02. The van der Waals surface area contributed by atoms with Crippen molar-refractivity contribution in [3.8, 4) is 0 Å². The number of rotatable bonds is 4. The van der Waals surface area contributed by atoms with Crippen molar-refractivity contribution in [1.82, 2.24) is 4.90 Å². The zero-order valence-corrected chi connectivity index (χ0v) is 13.5. The summed E-state index contributed by atoms with van der Waals surface area (Å²) in [6.07, 6.45) is 5.36. The van der Waals surface area contributed by atoms with Gasteiger partial charge in [-0.05, 0) is 63.6 Å². The molecule has 1 aromatic rings. The molecule has 0 radical (unpaired) electrons. The highest BCUT2D eigenvalue weighted by atomic mass is 15.2. The van der Waals surface area contributed by atoms with Gasteiger partial charge in [0.2, 0.25) is 0 Å². The van der Waals surface area contributed by atoms with Crippen LogP contribution in [0, 0.1) is 19.8 Å². The summed E-state index contributed by atoms with van der Waals surface area (Å²) >= 11 is 0. The quantitative estimate of drug-likeness (QED) is 0.904. The first-order chi connectivity index (χ1) is 9.52. The fourth-order valence-electron chi connectivity index (χ4n) is 3.54. The van der Waals surface area contributed by atoms with Crippen molar-refractivity contribution in [2.45, 2.75) is 58.5 Å². The Balaban J connectivity index is 2.16. The second-order valence-electron chi connectivity index (χ2n) is 6.69. The molecule has 2 nitrogen and oxygen atoms in total. The van der Waals surface area contributed by atoms with E-state index in [1.165, 1.54) is 42.4 Å². The molecule has 2 N–H and O–H groups in total. The molecule has 2 rings (SSSR count). The summed E-state index contributed by atoms with van der Waals surface area (Å²) in [6, 6.07) is 7.78. The van der Waals surface area contributed by atoms with E-state index >= 15 is 0 Å². The number of benzene rings is 1. The Morgan fingerprint density at radius 2 is 1.85 bits per heavy atom. The first kappa shape index (κ1) is 15.5. The Labute approximate surface area is 124 Å². The number of hydrogen-bond donors (Lipinski definition) is 1. The van der Waals surface area contributed by atoms with Crippen LogP contribution >= 0.6 is 0 Å². The van der Waals surface area contributed by atoms with E-state index in [1.807, 2.05) is 0 Å². The molecular formula is C18H30N2. The van der Waals surface area contributed by atoms with Crippen LogP contribution in [-0.4, -0.2) is 24.5 Å². The summed E-state index contributed by atoms with van der Waals surface area (Å²) in [5.41, 5.74) is 10.2. The van der Waals surface area contributed by atoms with E-state index in [-0.39, 0.29) is 0 Å². The predicted octanol–water partition coefficient (Wildman–Crippen LogP) is 3.81. The topological polar surface area (TPSA) is 29.3 Å². The van der Waals surface area contributed by atoms with Crippen LogP contribution in [0.4, 0.5) is 0 Å². The van der Waals surface area contributed by atoms with E-state index < -0.39 is 0 Å². The maximum absolute atomic E-state index is 6.12. The fraction of sp³-hybridized carbons (Fsp3) is 0.667. The molecule has 112 valence electrons. The zero-order valence-electron chi connectivity index (χ0n) is 13.5. The number of aryl methyl sites for hydroxylation is 2. The van der Waals surface area contributed by atoms with Crippen molar-refractivity contribution >= 4 is 0 Å². The lowest BCUT2D eigenvalue weighted by atomic mass is 9.85. The molecule has 1 unspecified atom stereocenters. The molecule has 1 aliphatic rings. The maximum Gasteiger partial charge on any atom is 0.0473 e. The largest absolute Gasteiger partial charge is 0.329 e. The third-order valence-corrected chi connectivity index (χ3v) is 5.07. The summed E-state index contributed by atoms with van der Waals surface area (Å²) < 4.78 is 0. The smallest absolute Gasteiger partial charge is 0.0473 e. The lowest BCUT2D eigenvalue weighted by molar-refractivity contribution is 0.126. The van der Waals surface area contributed by atoms with Crippen molar-refractivity contribution < 1.29 is 0 Å². The van der Waals surface area contributed by atoms with Crippen molar-refractivity contribution in [3.63, 3.8) is 0 Å². The minimum Gasteiger partial charge on any atom is -0.329 e. The van der Waals surface area contributed by atoms with Gasteiger partial charge in [0.15, 0.2) is 0 Å². The number of nitrogens with zero attached hydrogens (tertiary/aromatic N) is 1. The lowest BCUT2D eigenvalue weighted by Gasteiger charge is -2.39. The minimum absolute atomic E-state index is 0.355. The highest BCUT2D eigenvalue weighted by Gasteiger charge is 2.27. The molecule has 20 heavy (non-hydrogen) atoms. The van der Waals surface area contributed by atoms with Gasteiger partial charge in [-0.3, -0.25) is 4.90 Å². The van der Waals surface area contributed by atoms with E-state index in [0.29, 0.717) is 18.6 Å². The second-order valence-corrected chi connectivity index (χ2v) is 6.69. The molecule has 1 saturated carbocycles. The van der Waals surface area contributed by atoms with Crippen LogP contribution in [0.1, 0.15) is 55.3 Å². The Kier molecular flexibility index (Phi) is 5.22. The SMILES string of the molecule is Cc1ccc(C)c(C(CN)N(C)C2CCC(C)CC2)c1. The molecule has 0 bridgehead atoms. The molecule has 0 heterocycles. The first-order valence-corrected chi connectivity index (χ1v) is 8.02. The third-order valence-electron chi connectivity index (χ3n) is 5.07. The van der Waals surface area contributed by atoms with Crippen molar-refractivity contribution in [2.75, 3.05) is 13.6 Å². The van der Waals surface area contributed by atoms with Crippen LogP contribution in [0.15, 0.2) is 18.2 Å². The Hall–Kier alpha value is -0.860. The van der Waals surface area contributed by atoms with Gasteiger partial charge in [0.05, 0.1) is 0 Å². The van der Waals surface area contributed by atoms with E-state index in [4.69, 9.17) is 5.73 Å². The summed E-state index contributed by atoms with van der Waals surface area (Å²) in [6.45, 7) is 7.45. The lowest BCUT2D eigenvalue weighted by Crippen LogP contribution is -2.40. The van der Waals surface area contributed by atoms with E-state index in [2.05, 4.69) is 50.9 Å². The average molecular weight is 274 g/mol. The van der Waals surface area contributed by atoms with Gasteiger partial charge in [0, 0.05) is 18.6 Å². The van der Waals surface area contributed by atoms with Gasteiger partial charge in [0.1, 0.15) is 0 Å². The van der Waals surface area contributed by atoms with E-state index in [1.54, 1.807) is 0 Å². The molecule has 1 aliphatic carbocycles. The molecule has 0 saturated heterocycles. The van der Waals surface area contributed by atoms with Crippen molar-refractivity contribution in [1.29, 1.82) is 0 Å². The van der Waals surface area contributed by atoms with Crippen LogP contribution in [0.2, 0.25) is 0 Å². The molecular weight excluding hydrogens is 244 g/mol. The normalized spacial score (nSPS) is 24.9. The van der Waals surface area contributed by atoms with Crippen LogP contribution in [0.3, 0.4) is 0 Å². The van der Waals surface area contributed by atoms with Crippen LogP contribution in [0.5, 0.6) is 0 Å². The van der Waals surface area contributed by atoms with E-state index in [0.717, 1.165) is 5.92 Å². The van der Waals surface area contributed by atoms with Crippen molar-refractivity contribution in [3.05, 3.63) is 34.9 Å². The van der Waals surface area contributed by atoms with Crippen molar-refractivity contribution in [2.24, 2.45) is 11.7 Å². The number of likely N-dealkylation sites (N-methyl/N-ethyl adjacent to an activating group) is 1. The molecule has 0 spiro atoms. The Bertz CT molecular complexity index is 433. The van der Waals surface area contributed by atoms with Gasteiger partial charge in [-0.1, -0.05) is 30.7 Å². The predicted molar refractivity (Wildman–Crippen MR) is 86.9 cm³/mol. The van der Waals surface area contributed by atoms with Crippen LogP contribution in [-0.2, 0) is 0 Å². The molecule has 1 fully saturated rings. The summed E-state index contributed by atoms with van der Waals surface area (Å²) in [7, 11) is 2.26. The fourth-order valence-corrected chi connectivity index (χ4v) is 3.54. The molecule has 1 atom stereocenters. The summed E-state index contributed by atoms with van der Waals surface area (Å²) in [5.74, 6) is 0.900. The van der Waals surface area contributed by atoms with E-state index in [9.17, 15) is 0 Å². The van der Waals surface area contributed by atoms with Gasteiger partial charge in [-0.25, -0.2) is 0 Å².